The molecule has 1 aliphatic rings. The van der Waals surface area contributed by atoms with Crippen molar-refractivity contribution in [2.24, 2.45) is 5.92 Å². The van der Waals surface area contributed by atoms with Crippen molar-refractivity contribution in [3.8, 4) is 11.7 Å². The highest BCUT2D eigenvalue weighted by molar-refractivity contribution is 5.85. The molecule has 36 heavy (non-hydrogen) atoms. The van der Waals surface area contributed by atoms with Gasteiger partial charge in [0, 0.05) is 24.6 Å². The quantitative estimate of drug-likeness (QED) is 0.383. The Kier molecular flexibility index (Phi) is 5.20. The monoisotopic (exact) mass is 491 g/mol. The average molecular weight is 492 g/mol. The molecular weight excluding hydrogens is 468 g/mol. The molecule has 0 spiro atoms. The lowest BCUT2D eigenvalue weighted by Gasteiger charge is -2.26. The molecule has 0 unspecified atom stereocenters. The van der Waals surface area contributed by atoms with E-state index >= 15 is 0 Å². The summed E-state index contributed by atoms with van der Waals surface area (Å²) in [5, 5.41) is 3.29. The first-order chi connectivity index (χ1) is 17.4. The van der Waals surface area contributed by atoms with Crippen molar-refractivity contribution < 1.29 is 13.5 Å². The average Bonchev–Trinajstić information content (AvgIpc) is 3.42. The van der Waals surface area contributed by atoms with E-state index in [1.165, 1.54) is 29.1 Å². The van der Waals surface area contributed by atoms with Gasteiger partial charge in [0.05, 0.1) is 23.7 Å². The van der Waals surface area contributed by atoms with Gasteiger partial charge < -0.3 is 15.0 Å². The largest absolute Gasteiger partial charge is 0.490 e. The number of halogens is 2. The third kappa shape index (κ3) is 3.58. The van der Waals surface area contributed by atoms with Gasteiger partial charge in [-0.3, -0.25) is 9.13 Å². The molecule has 0 amide bonds. The fourth-order valence-corrected chi connectivity index (χ4v) is 4.59. The number of rotatable bonds is 5. The van der Waals surface area contributed by atoms with Gasteiger partial charge in [0.1, 0.15) is 17.7 Å². The molecule has 0 saturated carbocycles. The third-order valence-electron chi connectivity index (χ3n) is 6.27. The Balaban J connectivity index is 1.60. The smallest absolute Gasteiger partial charge is 0.328 e. The molecule has 184 valence electrons. The SMILES string of the molecule is CC(C)CNc1nc(-n2cnc3ccc(F)cc32)nc2c1[nH]c(=O)n2[C@@H]1CCOc2c(F)cccc21. The van der Waals surface area contributed by atoms with Gasteiger partial charge in [-0.25, -0.2) is 18.6 Å². The summed E-state index contributed by atoms with van der Waals surface area (Å²) in [4.78, 5) is 29.9. The topological polar surface area (TPSA) is 103 Å². The molecule has 2 aromatic carbocycles. The molecule has 0 bridgehead atoms. The van der Waals surface area contributed by atoms with Crippen LogP contribution in [0.25, 0.3) is 28.1 Å². The van der Waals surface area contributed by atoms with Crippen LogP contribution in [0.5, 0.6) is 5.75 Å². The van der Waals surface area contributed by atoms with Crippen LogP contribution >= 0.6 is 0 Å². The first-order valence-electron chi connectivity index (χ1n) is 11.7. The number of imidazole rings is 2. The summed E-state index contributed by atoms with van der Waals surface area (Å²) in [5.74, 6) is 0.208. The Morgan fingerprint density at radius 3 is 2.92 bits per heavy atom. The summed E-state index contributed by atoms with van der Waals surface area (Å²) in [6, 6.07) is 8.46. The molecule has 2 N–H and O–H groups in total. The summed E-state index contributed by atoms with van der Waals surface area (Å²) in [6.07, 6.45) is 1.97. The Labute approximate surface area is 203 Å². The lowest BCUT2D eigenvalue weighted by molar-refractivity contribution is 0.244. The van der Waals surface area contributed by atoms with Crippen molar-refractivity contribution in [1.29, 1.82) is 0 Å². The number of aromatic nitrogens is 6. The maximum atomic E-state index is 14.5. The van der Waals surface area contributed by atoms with Gasteiger partial charge in [-0.15, -0.1) is 0 Å². The zero-order chi connectivity index (χ0) is 25.0. The van der Waals surface area contributed by atoms with Crippen LogP contribution in [0.15, 0.2) is 47.5 Å². The normalized spacial score (nSPS) is 15.4. The second kappa shape index (κ2) is 8.43. The Hall–Kier alpha value is -4.28. The molecule has 0 radical (unpaired) electrons. The molecule has 0 fully saturated rings. The highest BCUT2D eigenvalue weighted by atomic mass is 19.1. The van der Waals surface area contributed by atoms with Crippen molar-refractivity contribution in [3.05, 3.63) is 70.4 Å². The number of benzene rings is 2. The number of ether oxygens (including phenoxy) is 1. The van der Waals surface area contributed by atoms with E-state index in [1.807, 2.05) is 0 Å². The minimum Gasteiger partial charge on any atom is -0.490 e. The molecule has 0 aliphatic carbocycles. The predicted octanol–water partition coefficient (Wildman–Crippen LogP) is 4.18. The number of fused-ring (bicyclic) bond motifs is 3. The van der Waals surface area contributed by atoms with Gasteiger partial charge in [-0.05, 0) is 24.1 Å². The maximum absolute atomic E-state index is 14.5. The summed E-state index contributed by atoms with van der Waals surface area (Å²) in [6.45, 7) is 4.96. The minimum atomic E-state index is -0.497. The molecule has 1 atom stereocenters. The van der Waals surface area contributed by atoms with Gasteiger partial charge in [0.15, 0.2) is 23.0 Å². The van der Waals surface area contributed by atoms with E-state index in [-0.39, 0.29) is 18.3 Å². The number of anilines is 1. The van der Waals surface area contributed by atoms with Crippen LogP contribution in [-0.4, -0.2) is 42.2 Å². The molecular formula is C25H23F2N7O2. The number of nitrogens with one attached hydrogen (secondary N) is 2. The highest BCUT2D eigenvalue weighted by Gasteiger charge is 2.30. The number of H-pyrrole nitrogens is 1. The molecule has 1 aliphatic heterocycles. The summed E-state index contributed by atoms with van der Waals surface area (Å²) >= 11 is 0. The van der Waals surface area contributed by atoms with Gasteiger partial charge in [-0.1, -0.05) is 26.0 Å². The van der Waals surface area contributed by atoms with Crippen molar-refractivity contribution in [2.75, 3.05) is 18.5 Å². The molecule has 6 rings (SSSR count). The molecule has 4 heterocycles. The first kappa shape index (κ1) is 22.2. The third-order valence-corrected chi connectivity index (χ3v) is 6.27. The number of hydrogen-bond acceptors (Lipinski definition) is 6. The van der Waals surface area contributed by atoms with E-state index in [2.05, 4.69) is 34.1 Å². The second-order valence-corrected chi connectivity index (χ2v) is 9.20. The zero-order valence-corrected chi connectivity index (χ0v) is 19.6. The van der Waals surface area contributed by atoms with Crippen LogP contribution in [0.1, 0.15) is 31.9 Å². The molecule has 11 heteroatoms. The van der Waals surface area contributed by atoms with Gasteiger partial charge in [-0.2, -0.15) is 9.97 Å². The fourth-order valence-electron chi connectivity index (χ4n) is 4.59. The summed E-state index contributed by atoms with van der Waals surface area (Å²) in [5.41, 5.74) is 2.02. The second-order valence-electron chi connectivity index (χ2n) is 9.20. The number of nitrogens with zero attached hydrogens (tertiary/aromatic N) is 5. The van der Waals surface area contributed by atoms with E-state index in [9.17, 15) is 13.6 Å². The van der Waals surface area contributed by atoms with Crippen molar-refractivity contribution in [1.82, 2.24) is 29.1 Å². The van der Waals surface area contributed by atoms with Crippen LogP contribution in [0.2, 0.25) is 0 Å². The highest BCUT2D eigenvalue weighted by Crippen LogP contribution is 2.37. The van der Waals surface area contributed by atoms with Crippen LogP contribution in [0.3, 0.4) is 0 Å². The molecule has 5 aromatic rings. The van der Waals surface area contributed by atoms with Crippen molar-refractivity contribution in [3.63, 3.8) is 0 Å². The van der Waals surface area contributed by atoms with Crippen LogP contribution in [0, 0.1) is 17.6 Å². The molecule has 0 saturated heterocycles. The van der Waals surface area contributed by atoms with E-state index in [0.29, 0.717) is 52.5 Å². The van der Waals surface area contributed by atoms with Crippen LogP contribution in [0.4, 0.5) is 14.6 Å². The zero-order valence-electron chi connectivity index (χ0n) is 19.6. The lowest BCUT2D eigenvalue weighted by Crippen LogP contribution is -2.28. The standard InChI is InChI=1S/C25H23F2N7O2/c1-13(2)11-28-22-20-23(32-24(31-22)33-12-29-17-7-6-14(26)10-19(17)33)34(25(35)30-20)18-8-9-36-21-15(18)4-3-5-16(21)27/h3-7,10,12-13,18H,8-9,11H2,1-2H3,(H,30,35)(H,28,31,32)/t18-/m1/s1. The first-order valence-corrected chi connectivity index (χ1v) is 11.7. The van der Waals surface area contributed by atoms with Gasteiger partial charge in [0.25, 0.3) is 0 Å². The van der Waals surface area contributed by atoms with Crippen molar-refractivity contribution in [2.45, 2.75) is 26.3 Å². The fraction of sp³-hybridized carbons (Fsp3) is 0.280. The Morgan fingerprint density at radius 1 is 1.22 bits per heavy atom. The van der Waals surface area contributed by atoms with Crippen LogP contribution in [-0.2, 0) is 0 Å². The Morgan fingerprint density at radius 2 is 2.08 bits per heavy atom. The van der Waals surface area contributed by atoms with E-state index < -0.39 is 23.4 Å². The molecule has 9 nitrogen and oxygen atoms in total. The van der Waals surface area contributed by atoms with Gasteiger partial charge >= 0.3 is 5.69 Å². The number of hydrogen-bond donors (Lipinski definition) is 2. The molecule has 3 aromatic heterocycles. The van der Waals surface area contributed by atoms with E-state index in [0.717, 1.165) is 0 Å². The minimum absolute atomic E-state index is 0.138. The lowest BCUT2D eigenvalue weighted by atomic mass is 10.00. The maximum Gasteiger partial charge on any atom is 0.328 e. The van der Waals surface area contributed by atoms with E-state index in [4.69, 9.17) is 9.72 Å². The Bertz CT molecular complexity index is 1670. The van der Waals surface area contributed by atoms with E-state index in [1.54, 1.807) is 22.8 Å². The van der Waals surface area contributed by atoms with Crippen LogP contribution < -0.4 is 15.7 Å². The number of para-hydroxylation sites is 1. The summed E-state index contributed by atoms with van der Waals surface area (Å²) < 4.78 is 37.2. The number of aromatic amines is 1. The predicted molar refractivity (Wildman–Crippen MR) is 131 cm³/mol. The van der Waals surface area contributed by atoms with Gasteiger partial charge in [0.2, 0.25) is 5.95 Å². The summed E-state index contributed by atoms with van der Waals surface area (Å²) in [7, 11) is 0. The van der Waals surface area contributed by atoms with Crippen molar-refractivity contribution >= 4 is 28.0 Å².